The molecule has 144 valence electrons. The van der Waals surface area contributed by atoms with Crippen LogP contribution in [-0.2, 0) is 9.47 Å². The number of rotatable bonds is 4. The summed E-state index contributed by atoms with van der Waals surface area (Å²) in [5, 5.41) is 8.16. The smallest absolute Gasteiger partial charge is 0.254 e. The molecular weight excluding hydrogens is 346 g/mol. The van der Waals surface area contributed by atoms with Crippen molar-refractivity contribution in [2.24, 2.45) is 0 Å². The van der Waals surface area contributed by atoms with Gasteiger partial charge in [0.15, 0.2) is 6.10 Å². The molecule has 2 saturated heterocycles. The van der Waals surface area contributed by atoms with E-state index in [1.807, 2.05) is 32.0 Å². The van der Waals surface area contributed by atoms with E-state index in [4.69, 9.17) is 13.9 Å². The Morgan fingerprint density at radius 1 is 1.26 bits per heavy atom. The van der Waals surface area contributed by atoms with Gasteiger partial charge in [-0.2, -0.15) is 0 Å². The van der Waals surface area contributed by atoms with Crippen LogP contribution in [0.1, 0.15) is 65.9 Å². The van der Waals surface area contributed by atoms with E-state index >= 15 is 0 Å². The first kappa shape index (κ1) is 18.1. The van der Waals surface area contributed by atoms with Crippen LogP contribution < -0.4 is 0 Å². The summed E-state index contributed by atoms with van der Waals surface area (Å²) in [6.07, 6.45) is 0.626. The van der Waals surface area contributed by atoms with Gasteiger partial charge in [-0.3, -0.25) is 4.79 Å². The molecule has 2 aliphatic heterocycles. The molecule has 0 saturated carbocycles. The number of amides is 1. The Labute approximate surface area is 158 Å². The zero-order chi connectivity index (χ0) is 18.8. The molecule has 7 nitrogen and oxygen atoms in total. The summed E-state index contributed by atoms with van der Waals surface area (Å²) in [6.45, 7) is 6.93. The first-order valence-corrected chi connectivity index (χ1v) is 9.53. The van der Waals surface area contributed by atoms with Crippen molar-refractivity contribution in [2.75, 3.05) is 32.9 Å². The van der Waals surface area contributed by atoms with Gasteiger partial charge >= 0.3 is 0 Å². The molecule has 0 aliphatic carbocycles. The molecule has 0 spiro atoms. The van der Waals surface area contributed by atoms with Crippen molar-refractivity contribution in [3.8, 4) is 0 Å². The van der Waals surface area contributed by atoms with E-state index < -0.39 is 0 Å². The summed E-state index contributed by atoms with van der Waals surface area (Å²) in [7, 11) is 0. The van der Waals surface area contributed by atoms with Crippen molar-refractivity contribution < 1.29 is 18.7 Å². The number of hydrogen-bond acceptors (Lipinski definition) is 6. The second kappa shape index (κ2) is 7.78. The van der Waals surface area contributed by atoms with Gasteiger partial charge in [0.25, 0.3) is 5.91 Å². The minimum atomic E-state index is -0.380. The molecule has 1 aromatic heterocycles. The van der Waals surface area contributed by atoms with Gasteiger partial charge in [-0.05, 0) is 24.1 Å². The highest BCUT2D eigenvalue weighted by Crippen LogP contribution is 2.27. The van der Waals surface area contributed by atoms with Crippen molar-refractivity contribution in [3.63, 3.8) is 0 Å². The lowest BCUT2D eigenvalue weighted by molar-refractivity contribution is -0.0351. The molecule has 7 heteroatoms. The summed E-state index contributed by atoms with van der Waals surface area (Å²) in [5.74, 6) is 1.57. The van der Waals surface area contributed by atoms with E-state index in [2.05, 4.69) is 16.3 Å². The van der Waals surface area contributed by atoms with Crippen LogP contribution in [0.25, 0.3) is 0 Å². The minimum absolute atomic E-state index is 0.00710. The van der Waals surface area contributed by atoms with Gasteiger partial charge in [0, 0.05) is 30.6 Å². The lowest BCUT2D eigenvalue weighted by Gasteiger charge is -2.31. The van der Waals surface area contributed by atoms with E-state index in [0.717, 1.165) is 19.6 Å². The standard InChI is InChI=1S/C20H25N3O4/c1-13(2)18-21-22-19(27-18)17-11-23(7-9-26-17)20(24)15-5-3-4-14(10-15)16-6-8-25-12-16/h3-5,10,13,16-17H,6-9,11-12H2,1-2H3. The minimum Gasteiger partial charge on any atom is -0.422 e. The number of aromatic nitrogens is 2. The average molecular weight is 371 g/mol. The van der Waals surface area contributed by atoms with E-state index in [1.165, 1.54) is 5.56 Å². The molecular formula is C20H25N3O4. The Hall–Kier alpha value is -2.25. The first-order chi connectivity index (χ1) is 13.1. The highest BCUT2D eigenvalue weighted by atomic mass is 16.5. The molecule has 0 N–H and O–H groups in total. The molecule has 2 fully saturated rings. The zero-order valence-corrected chi connectivity index (χ0v) is 15.8. The number of ether oxygens (including phenoxy) is 2. The Morgan fingerprint density at radius 3 is 2.89 bits per heavy atom. The molecule has 27 heavy (non-hydrogen) atoms. The summed E-state index contributed by atoms with van der Waals surface area (Å²) < 4.78 is 17.0. The van der Waals surface area contributed by atoms with Crippen LogP contribution in [0, 0.1) is 0 Å². The van der Waals surface area contributed by atoms with Crippen LogP contribution in [0.4, 0.5) is 0 Å². The van der Waals surface area contributed by atoms with Crippen LogP contribution in [0.2, 0.25) is 0 Å². The second-order valence-corrected chi connectivity index (χ2v) is 7.43. The van der Waals surface area contributed by atoms with Gasteiger partial charge in [0.05, 0.1) is 19.8 Å². The summed E-state index contributed by atoms with van der Waals surface area (Å²) >= 11 is 0. The van der Waals surface area contributed by atoms with Crippen LogP contribution in [-0.4, -0.2) is 53.9 Å². The number of morpholine rings is 1. The number of hydrogen-bond donors (Lipinski definition) is 0. The summed E-state index contributed by atoms with van der Waals surface area (Å²) in [6, 6.07) is 7.89. The summed E-state index contributed by atoms with van der Waals surface area (Å²) in [4.78, 5) is 14.8. The molecule has 2 unspecified atom stereocenters. The lowest BCUT2D eigenvalue weighted by Crippen LogP contribution is -2.42. The maximum absolute atomic E-state index is 13.0. The van der Waals surface area contributed by atoms with Gasteiger partial charge < -0.3 is 18.8 Å². The summed E-state index contributed by atoms with van der Waals surface area (Å²) in [5.41, 5.74) is 1.87. The van der Waals surface area contributed by atoms with Crippen molar-refractivity contribution in [3.05, 3.63) is 47.2 Å². The van der Waals surface area contributed by atoms with Gasteiger partial charge in [-0.15, -0.1) is 10.2 Å². The molecule has 4 rings (SSSR count). The molecule has 2 aromatic rings. The SMILES string of the molecule is CC(C)c1nnc(C2CN(C(=O)c3cccc(C4CCOC4)c3)CCO2)o1. The highest BCUT2D eigenvalue weighted by Gasteiger charge is 2.30. The van der Waals surface area contributed by atoms with Crippen LogP contribution in [0.15, 0.2) is 28.7 Å². The maximum Gasteiger partial charge on any atom is 0.254 e. The number of benzene rings is 1. The quantitative estimate of drug-likeness (QED) is 0.822. The molecule has 0 radical (unpaired) electrons. The van der Waals surface area contributed by atoms with Crippen molar-refractivity contribution in [2.45, 2.75) is 38.2 Å². The molecule has 1 amide bonds. The molecule has 2 aliphatic rings. The lowest BCUT2D eigenvalue weighted by atomic mass is 9.96. The molecule has 2 atom stereocenters. The van der Waals surface area contributed by atoms with Crippen LogP contribution in [0.3, 0.4) is 0 Å². The average Bonchev–Trinajstić information content (AvgIpc) is 3.40. The zero-order valence-electron chi connectivity index (χ0n) is 15.8. The monoisotopic (exact) mass is 371 g/mol. The van der Waals surface area contributed by atoms with Crippen LogP contribution >= 0.6 is 0 Å². The Morgan fingerprint density at radius 2 is 2.15 bits per heavy atom. The fourth-order valence-corrected chi connectivity index (χ4v) is 3.50. The van der Waals surface area contributed by atoms with Crippen LogP contribution in [0.5, 0.6) is 0 Å². The van der Waals surface area contributed by atoms with Gasteiger partial charge in [0.2, 0.25) is 11.8 Å². The third kappa shape index (κ3) is 3.89. The highest BCUT2D eigenvalue weighted by molar-refractivity contribution is 5.94. The first-order valence-electron chi connectivity index (χ1n) is 9.53. The molecule has 0 bridgehead atoms. The topological polar surface area (TPSA) is 77.7 Å². The third-order valence-electron chi connectivity index (χ3n) is 5.11. The largest absolute Gasteiger partial charge is 0.422 e. The van der Waals surface area contributed by atoms with E-state index in [9.17, 15) is 4.79 Å². The molecule has 1 aromatic carbocycles. The maximum atomic E-state index is 13.0. The van der Waals surface area contributed by atoms with E-state index in [-0.39, 0.29) is 17.9 Å². The predicted molar refractivity (Wildman–Crippen MR) is 97.6 cm³/mol. The van der Waals surface area contributed by atoms with Gasteiger partial charge in [-0.25, -0.2) is 0 Å². The number of carbonyl (C=O) groups is 1. The normalized spacial score (nSPS) is 23.1. The van der Waals surface area contributed by atoms with Crippen molar-refractivity contribution in [1.82, 2.24) is 15.1 Å². The van der Waals surface area contributed by atoms with Gasteiger partial charge in [0.1, 0.15) is 0 Å². The fourth-order valence-electron chi connectivity index (χ4n) is 3.50. The predicted octanol–water partition coefficient (Wildman–Crippen LogP) is 2.91. The second-order valence-electron chi connectivity index (χ2n) is 7.43. The Balaban J connectivity index is 1.47. The molecule has 3 heterocycles. The number of carbonyl (C=O) groups excluding carboxylic acids is 1. The third-order valence-corrected chi connectivity index (χ3v) is 5.11. The van der Waals surface area contributed by atoms with E-state index in [1.54, 1.807) is 4.90 Å². The van der Waals surface area contributed by atoms with Crippen molar-refractivity contribution >= 4 is 5.91 Å². The Kier molecular flexibility index (Phi) is 5.22. The van der Waals surface area contributed by atoms with Crippen molar-refractivity contribution in [1.29, 1.82) is 0 Å². The number of nitrogens with zero attached hydrogens (tertiary/aromatic N) is 3. The fraction of sp³-hybridized carbons (Fsp3) is 0.550. The van der Waals surface area contributed by atoms with Gasteiger partial charge in [-0.1, -0.05) is 26.0 Å². The van der Waals surface area contributed by atoms with E-state index in [0.29, 0.717) is 43.0 Å². The Bertz CT molecular complexity index is 798.